The second kappa shape index (κ2) is 6.03. The van der Waals surface area contributed by atoms with E-state index in [4.69, 9.17) is 5.73 Å². The Hall–Kier alpha value is -1.60. The third-order valence-electron chi connectivity index (χ3n) is 2.68. The SMILES string of the molecule is CC(=O)c1ccc(NCCS(=O)(=O)N(C)C)cc1N. The number of hydrogen-bond acceptors (Lipinski definition) is 5. The zero-order valence-corrected chi connectivity index (χ0v) is 12.1. The van der Waals surface area contributed by atoms with Crippen LogP contribution in [0.15, 0.2) is 18.2 Å². The van der Waals surface area contributed by atoms with Crippen LogP contribution in [0.1, 0.15) is 17.3 Å². The number of ketones is 1. The Morgan fingerprint density at radius 1 is 1.37 bits per heavy atom. The summed E-state index contributed by atoms with van der Waals surface area (Å²) in [6.07, 6.45) is 0. The number of carbonyl (C=O) groups excluding carboxylic acids is 1. The number of nitrogens with zero attached hydrogens (tertiary/aromatic N) is 1. The van der Waals surface area contributed by atoms with Crippen LogP contribution in [0.5, 0.6) is 0 Å². The van der Waals surface area contributed by atoms with Crippen molar-refractivity contribution in [3.05, 3.63) is 23.8 Å². The minimum Gasteiger partial charge on any atom is -0.398 e. The summed E-state index contributed by atoms with van der Waals surface area (Å²) in [7, 11) is -0.225. The van der Waals surface area contributed by atoms with Gasteiger partial charge in [0, 0.05) is 37.6 Å². The Labute approximate surface area is 113 Å². The zero-order valence-electron chi connectivity index (χ0n) is 11.3. The van der Waals surface area contributed by atoms with Crippen LogP contribution in [0, 0.1) is 0 Å². The van der Waals surface area contributed by atoms with E-state index in [0.717, 1.165) is 0 Å². The molecule has 0 bridgehead atoms. The molecule has 7 heteroatoms. The number of rotatable bonds is 6. The number of nitrogens with two attached hydrogens (primary N) is 1. The van der Waals surface area contributed by atoms with Gasteiger partial charge in [-0.25, -0.2) is 12.7 Å². The summed E-state index contributed by atoms with van der Waals surface area (Å²) in [5.74, 6) is -0.104. The fourth-order valence-corrected chi connectivity index (χ4v) is 2.23. The van der Waals surface area contributed by atoms with E-state index < -0.39 is 10.0 Å². The van der Waals surface area contributed by atoms with E-state index in [-0.39, 0.29) is 18.1 Å². The van der Waals surface area contributed by atoms with Crippen LogP contribution in [0.25, 0.3) is 0 Å². The molecule has 0 fully saturated rings. The Morgan fingerprint density at radius 3 is 2.47 bits per heavy atom. The molecule has 0 heterocycles. The van der Waals surface area contributed by atoms with Crippen LogP contribution in [0.2, 0.25) is 0 Å². The molecule has 1 aromatic rings. The maximum Gasteiger partial charge on any atom is 0.215 e. The summed E-state index contributed by atoms with van der Waals surface area (Å²) < 4.78 is 24.3. The molecular weight excluding hydrogens is 266 g/mol. The van der Waals surface area contributed by atoms with Gasteiger partial charge in [-0.1, -0.05) is 0 Å². The van der Waals surface area contributed by atoms with Crippen molar-refractivity contribution in [2.24, 2.45) is 0 Å². The Kier molecular flexibility index (Phi) is 4.90. The van der Waals surface area contributed by atoms with Crippen LogP contribution >= 0.6 is 0 Å². The van der Waals surface area contributed by atoms with Crippen LogP contribution in [0.3, 0.4) is 0 Å². The van der Waals surface area contributed by atoms with Gasteiger partial charge in [0.15, 0.2) is 5.78 Å². The standard InChI is InChI=1S/C12H19N3O3S/c1-9(16)11-5-4-10(8-12(11)13)14-6-7-19(17,18)15(2)3/h4-5,8,14H,6-7,13H2,1-3H3. The van der Waals surface area contributed by atoms with Gasteiger partial charge in [-0.05, 0) is 25.1 Å². The first-order valence-electron chi connectivity index (χ1n) is 5.78. The highest BCUT2D eigenvalue weighted by molar-refractivity contribution is 7.89. The van der Waals surface area contributed by atoms with Gasteiger partial charge in [-0.3, -0.25) is 4.79 Å². The Bertz CT molecular complexity index is 568. The predicted octanol–water partition coefficient (Wildman–Crippen LogP) is 0.775. The molecule has 0 aromatic heterocycles. The van der Waals surface area contributed by atoms with Crippen molar-refractivity contribution in [3.8, 4) is 0 Å². The van der Waals surface area contributed by atoms with Crippen molar-refractivity contribution in [1.82, 2.24) is 4.31 Å². The number of hydrogen-bond donors (Lipinski definition) is 2. The summed E-state index contributed by atoms with van der Waals surface area (Å²) in [5.41, 5.74) is 7.28. The van der Waals surface area contributed by atoms with Crippen LogP contribution in [0.4, 0.5) is 11.4 Å². The molecule has 0 aliphatic carbocycles. The molecule has 0 aliphatic heterocycles. The Morgan fingerprint density at radius 2 is 2.00 bits per heavy atom. The highest BCUT2D eigenvalue weighted by atomic mass is 32.2. The highest BCUT2D eigenvalue weighted by Crippen LogP contribution is 2.18. The topological polar surface area (TPSA) is 92.5 Å². The van der Waals surface area contributed by atoms with Crippen molar-refractivity contribution in [1.29, 1.82) is 0 Å². The predicted molar refractivity (Wildman–Crippen MR) is 76.8 cm³/mol. The van der Waals surface area contributed by atoms with E-state index in [1.807, 2.05) is 0 Å². The van der Waals surface area contributed by atoms with Gasteiger partial charge in [-0.15, -0.1) is 0 Å². The number of carbonyl (C=O) groups is 1. The van der Waals surface area contributed by atoms with Crippen LogP contribution in [-0.2, 0) is 10.0 Å². The first-order valence-corrected chi connectivity index (χ1v) is 7.39. The maximum atomic E-state index is 11.5. The number of nitrogens with one attached hydrogen (secondary N) is 1. The molecule has 1 aromatic carbocycles. The van der Waals surface area contributed by atoms with Gasteiger partial charge in [-0.2, -0.15) is 0 Å². The largest absolute Gasteiger partial charge is 0.398 e. The molecular formula is C12H19N3O3S. The van der Waals surface area contributed by atoms with Crippen molar-refractivity contribution in [2.75, 3.05) is 37.4 Å². The van der Waals surface area contributed by atoms with Gasteiger partial charge in [0.2, 0.25) is 10.0 Å². The summed E-state index contributed by atoms with van der Waals surface area (Å²) in [4.78, 5) is 11.2. The lowest BCUT2D eigenvalue weighted by Crippen LogP contribution is -2.28. The number of Topliss-reactive ketones (excluding diaryl/α,β-unsaturated/α-hetero) is 1. The van der Waals surface area contributed by atoms with Gasteiger partial charge >= 0.3 is 0 Å². The van der Waals surface area contributed by atoms with E-state index in [1.54, 1.807) is 18.2 Å². The fourth-order valence-electron chi connectivity index (χ4n) is 1.50. The summed E-state index contributed by atoms with van der Waals surface area (Å²) in [6, 6.07) is 4.95. The molecule has 0 atom stereocenters. The molecule has 106 valence electrons. The molecule has 3 N–H and O–H groups in total. The molecule has 19 heavy (non-hydrogen) atoms. The summed E-state index contributed by atoms with van der Waals surface area (Å²) in [6.45, 7) is 1.72. The highest BCUT2D eigenvalue weighted by Gasteiger charge is 2.12. The van der Waals surface area contributed by atoms with Crippen molar-refractivity contribution in [2.45, 2.75) is 6.92 Å². The van der Waals surface area contributed by atoms with E-state index in [0.29, 0.717) is 16.9 Å². The lowest BCUT2D eigenvalue weighted by Gasteiger charge is -2.12. The van der Waals surface area contributed by atoms with Crippen LogP contribution < -0.4 is 11.1 Å². The zero-order chi connectivity index (χ0) is 14.6. The number of sulfonamides is 1. The molecule has 0 saturated heterocycles. The third-order valence-corrected chi connectivity index (χ3v) is 4.51. The Balaban J connectivity index is 2.65. The maximum absolute atomic E-state index is 11.5. The number of nitrogen functional groups attached to an aromatic ring is 1. The molecule has 1 rings (SSSR count). The van der Waals surface area contributed by atoms with E-state index in [9.17, 15) is 13.2 Å². The molecule has 0 amide bonds. The summed E-state index contributed by atoms with van der Waals surface area (Å²) in [5, 5.41) is 2.97. The summed E-state index contributed by atoms with van der Waals surface area (Å²) >= 11 is 0. The van der Waals surface area contributed by atoms with Gasteiger partial charge in [0.05, 0.1) is 5.75 Å². The van der Waals surface area contributed by atoms with E-state index >= 15 is 0 Å². The van der Waals surface area contributed by atoms with Crippen molar-refractivity contribution in [3.63, 3.8) is 0 Å². The van der Waals surface area contributed by atoms with Gasteiger partial charge in [0.25, 0.3) is 0 Å². The molecule has 0 radical (unpaired) electrons. The van der Waals surface area contributed by atoms with E-state index in [1.165, 1.54) is 25.3 Å². The fraction of sp³-hybridized carbons (Fsp3) is 0.417. The minimum atomic E-state index is -3.21. The van der Waals surface area contributed by atoms with Gasteiger partial charge < -0.3 is 11.1 Å². The normalized spacial score (nSPS) is 11.6. The second-order valence-electron chi connectivity index (χ2n) is 4.38. The smallest absolute Gasteiger partial charge is 0.215 e. The quantitative estimate of drug-likeness (QED) is 0.595. The van der Waals surface area contributed by atoms with Crippen molar-refractivity contribution >= 4 is 27.2 Å². The molecule has 0 spiro atoms. The van der Waals surface area contributed by atoms with Crippen LogP contribution in [-0.4, -0.2) is 44.9 Å². The van der Waals surface area contributed by atoms with Gasteiger partial charge in [0.1, 0.15) is 0 Å². The number of anilines is 2. The molecule has 0 aliphatic rings. The molecule has 6 nitrogen and oxygen atoms in total. The average molecular weight is 285 g/mol. The van der Waals surface area contributed by atoms with Crippen molar-refractivity contribution < 1.29 is 13.2 Å². The molecule has 0 saturated carbocycles. The first-order chi connectivity index (χ1) is 8.74. The lowest BCUT2D eigenvalue weighted by molar-refractivity contribution is 0.101. The monoisotopic (exact) mass is 285 g/mol. The van der Waals surface area contributed by atoms with E-state index in [2.05, 4.69) is 5.32 Å². The number of benzene rings is 1. The average Bonchev–Trinajstić information content (AvgIpc) is 2.28. The first kappa shape index (κ1) is 15.5. The third kappa shape index (κ3) is 4.22. The second-order valence-corrected chi connectivity index (χ2v) is 6.69. The minimum absolute atomic E-state index is 0.00559. The lowest BCUT2D eigenvalue weighted by atomic mass is 10.1. The molecule has 0 unspecified atom stereocenters.